The van der Waals surface area contributed by atoms with Crippen molar-refractivity contribution in [3.05, 3.63) is 35.4 Å². The van der Waals surface area contributed by atoms with Gasteiger partial charge in [-0.2, -0.15) is 0 Å². The Labute approximate surface area is 119 Å². The summed E-state index contributed by atoms with van der Waals surface area (Å²) in [4.78, 5) is 0. The Morgan fingerprint density at radius 1 is 1.00 bits per heavy atom. The summed E-state index contributed by atoms with van der Waals surface area (Å²) in [6, 6.07) is 8.25. The first-order chi connectivity index (χ1) is 9.78. The Bertz CT molecular complexity index is 507. The maximum atomic E-state index is 11.5. The maximum Gasteiger partial charge on any atom is 0.202 e. The minimum absolute atomic E-state index is 0.164. The maximum absolute atomic E-state index is 11.5. The average molecular weight is 274 g/mol. The molecule has 0 aromatic heterocycles. The van der Waals surface area contributed by atoms with Gasteiger partial charge in [-0.3, -0.25) is 0 Å². The molecule has 2 fully saturated rings. The third-order valence-electron chi connectivity index (χ3n) is 5.29. The van der Waals surface area contributed by atoms with Gasteiger partial charge in [0.05, 0.1) is 13.2 Å². The van der Waals surface area contributed by atoms with Crippen LogP contribution in [-0.4, -0.2) is 24.1 Å². The smallest absolute Gasteiger partial charge is 0.202 e. The zero-order valence-corrected chi connectivity index (χ0v) is 11.8. The zero-order chi connectivity index (χ0) is 13.6. The van der Waals surface area contributed by atoms with E-state index < -0.39 is 11.4 Å². The van der Waals surface area contributed by atoms with Crippen molar-refractivity contribution >= 4 is 0 Å². The predicted octanol–water partition coefficient (Wildman–Crippen LogP) is 3.07. The molecule has 20 heavy (non-hydrogen) atoms. The summed E-state index contributed by atoms with van der Waals surface area (Å²) in [6.07, 6.45) is 6.19. The average Bonchev–Trinajstić information content (AvgIpc) is 2.49. The lowest BCUT2D eigenvalue weighted by Gasteiger charge is -2.59. The van der Waals surface area contributed by atoms with E-state index in [-0.39, 0.29) is 5.92 Å². The highest BCUT2D eigenvalue weighted by Gasteiger charge is 2.65. The lowest BCUT2D eigenvalue weighted by Crippen LogP contribution is -2.65. The molecule has 1 aromatic rings. The quantitative estimate of drug-likeness (QED) is 0.790. The Balaban J connectivity index is 1.82. The van der Waals surface area contributed by atoms with Gasteiger partial charge in [0.2, 0.25) is 5.79 Å². The molecular weight excluding hydrogens is 252 g/mol. The number of ether oxygens (including phenoxy) is 2. The topological polar surface area (TPSA) is 38.7 Å². The van der Waals surface area contributed by atoms with Gasteiger partial charge >= 0.3 is 0 Å². The summed E-state index contributed by atoms with van der Waals surface area (Å²) in [7, 11) is 0. The molecule has 1 heterocycles. The summed E-state index contributed by atoms with van der Waals surface area (Å²) in [5.74, 6) is -0.651. The van der Waals surface area contributed by atoms with Gasteiger partial charge in [0.1, 0.15) is 0 Å². The van der Waals surface area contributed by atoms with E-state index in [1.54, 1.807) is 0 Å². The monoisotopic (exact) mass is 274 g/mol. The van der Waals surface area contributed by atoms with Crippen molar-refractivity contribution in [2.24, 2.45) is 0 Å². The molecule has 3 nitrogen and oxygen atoms in total. The minimum Gasteiger partial charge on any atom is -0.379 e. The highest BCUT2D eigenvalue weighted by atomic mass is 16.7. The van der Waals surface area contributed by atoms with Gasteiger partial charge in [-0.15, -0.1) is 0 Å². The van der Waals surface area contributed by atoms with Crippen LogP contribution in [-0.2, 0) is 15.1 Å². The van der Waals surface area contributed by atoms with Gasteiger partial charge in [0, 0.05) is 12.3 Å². The number of fused-ring (bicyclic) bond motifs is 5. The van der Waals surface area contributed by atoms with Gasteiger partial charge in [-0.1, -0.05) is 37.1 Å². The van der Waals surface area contributed by atoms with E-state index in [1.165, 1.54) is 18.4 Å². The molecule has 1 spiro atoms. The first kappa shape index (κ1) is 12.8. The summed E-state index contributed by atoms with van der Waals surface area (Å²) in [5, 5.41) is 11.5. The Kier molecular flexibility index (Phi) is 2.92. The van der Waals surface area contributed by atoms with Crippen LogP contribution in [0.25, 0.3) is 0 Å². The molecular formula is C17H22O3. The van der Waals surface area contributed by atoms with Crippen molar-refractivity contribution in [1.82, 2.24) is 0 Å². The Hall–Kier alpha value is -0.900. The second kappa shape index (κ2) is 4.55. The first-order valence-electron chi connectivity index (χ1n) is 7.88. The van der Waals surface area contributed by atoms with Crippen LogP contribution < -0.4 is 0 Å². The molecule has 108 valence electrons. The van der Waals surface area contributed by atoms with Crippen LogP contribution in [0.1, 0.15) is 55.6 Å². The molecule has 1 saturated heterocycles. The SMILES string of the molecule is OC12c3ccccc3C1CCCCCC21OCCCO1. The number of hydrogen-bond donors (Lipinski definition) is 1. The van der Waals surface area contributed by atoms with Crippen LogP contribution in [0.2, 0.25) is 0 Å². The standard InChI is InChI=1S/C17H22O3/c18-17-14(13-7-3-4-9-15(13)17)8-2-1-5-10-16(17)19-11-6-12-20-16/h3-4,7,9,14,18H,1-2,5-6,8,10-12H2. The molecule has 3 aliphatic rings. The fourth-order valence-electron chi connectivity index (χ4n) is 4.33. The van der Waals surface area contributed by atoms with E-state index in [0.717, 1.165) is 31.2 Å². The van der Waals surface area contributed by atoms with Crippen LogP contribution >= 0.6 is 0 Å². The van der Waals surface area contributed by atoms with Gasteiger partial charge in [0.25, 0.3) is 0 Å². The summed E-state index contributed by atoms with van der Waals surface area (Å²) in [6.45, 7) is 1.38. The van der Waals surface area contributed by atoms with Crippen molar-refractivity contribution in [2.75, 3.05) is 13.2 Å². The van der Waals surface area contributed by atoms with Gasteiger partial charge in [-0.05, 0) is 30.4 Å². The second-order valence-electron chi connectivity index (χ2n) is 6.31. The summed E-state index contributed by atoms with van der Waals surface area (Å²) in [5.41, 5.74) is 1.35. The lowest BCUT2D eigenvalue weighted by molar-refractivity contribution is -0.365. The summed E-state index contributed by atoms with van der Waals surface area (Å²) < 4.78 is 12.1. The molecule has 2 atom stereocenters. The third kappa shape index (κ3) is 1.51. The van der Waals surface area contributed by atoms with Gasteiger partial charge in [0.15, 0.2) is 5.60 Å². The van der Waals surface area contributed by atoms with Crippen molar-refractivity contribution in [1.29, 1.82) is 0 Å². The molecule has 3 heteroatoms. The number of rotatable bonds is 0. The predicted molar refractivity (Wildman–Crippen MR) is 75.4 cm³/mol. The van der Waals surface area contributed by atoms with Crippen LogP contribution in [0.15, 0.2) is 24.3 Å². The van der Waals surface area contributed by atoms with Crippen LogP contribution in [0.3, 0.4) is 0 Å². The number of aliphatic hydroxyl groups is 1. The van der Waals surface area contributed by atoms with Crippen LogP contribution in [0.5, 0.6) is 0 Å². The van der Waals surface area contributed by atoms with Crippen LogP contribution in [0, 0.1) is 0 Å². The van der Waals surface area contributed by atoms with Crippen LogP contribution in [0.4, 0.5) is 0 Å². The number of benzene rings is 1. The normalized spacial score (nSPS) is 35.4. The minimum atomic E-state index is -0.954. The lowest BCUT2D eigenvalue weighted by atomic mass is 9.57. The molecule has 1 saturated carbocycles. The van der Waals surface area contributed by atoms with E-state index in [2.05, 4.69) is 12.1 Å². The third-order valence-corrected chi connectivity index (χ3v) is 5.29. The molecule has 2 aliphatic carbocycles. The second-order valence-corrected chi connectivity index (χ2v) is 6.31. The van der Waals surface area contributed by atoms with E-state index in [1.807, 2.05) is 12.1 Å². The van der Waals surface area contributed by atoms with E-state index in [0.29, 0.717) is 13.2 Å². The van der Waals surface area contributed by atoms with Crippen molar-refractivity contribution in [3.63, 3.8) is 0 Å². The van der Waals surface area contributed by atoms with E-state index in [4.69, 9.17) is 9.47 Å². The molecule has 1 aromatic carbocycles. The molecule has 2 unspecified atom stereocenters. The molecule has 4 rings (SSSR count). The van der Waals surface area contributed by atoms with Gasteiger partial charge in [-0.25, -0.2) is 0 Å². The molecule has 1 aliphatic heterocycles. The van der Waals surface area contributed by atoms with E-state index in [9.17, 15) is 5.11 Å². The highest BCUT2D eigenvalue weighted by molar-refractivity contribution is 5.50. The molecule has 0 amide bonds. The largest absolute Gasteiger partial charge is 0.379 e. The van der Waals surface area contributed by atoms with Crippen molar-refractivity contribution in [2.45, 2.75) is 55.8 Å². The summed E-state index contributed by atoms with van der Waals surface area (Å²) >= 11 is 0. The first-order valence-corrected chi connectivity index (χ1v) is 7.88. The van der Waals surface area contributed by atoms with Gasteiger partial charge < -0.3 is 14.6 Å². The fourth-order valence-corrected chi connectivity index (χ4v) is 4.33. The zero-order valence-electron chi connectivity index (χ0n) is 11.8. The van der Waals surface area contributed by atoms with E-state index >= 15 is 0 Å². The molecule has 0 bridgehead atoms. The van der Waals surface area contributed by atoms with Crippen molar-refractivity contribution < 1.29 is 14.6 Å². The van der Waals surface area contributed by atoms with Crippen molar-refractivity contribution in [3.8, 4) is 0 Å². The molecule has 1 N–H and O–H groups in total. The Morgan fingerprint density at radius 2 is 1.80 bits per heavy atom. The Morgan fingerprint density at radius 3 is 2.65 bits per heavy atom. The highest BCUT2D eigenvalue weighted by Crippen LogP contribution is 2.61. The number of hydrogen-bond acceptors (Lipinski definition) is 3. The fraction of sp³-hybridized carbons (Fsp3) is 0.647. The molecule has 0 radical (unpaired) electrons.